The van der Waals surface area contributed by atoms with Gasteiger partial charge in [-0.05, 0) is 49.2 Å². The van der Waals surface area contributed by atoms with Crippen molar-refractivity contribution in [2.24, 2.45) is 0 Å². The third kappa shape index (κ3) is 3.55. The minimum Gasteiger partial charge on any atom is -0.495 e. The van der Waals surface area contributed by atoms with E-state index in [1.54, 1.807) is 7.11 Å². The number of rotatable bonds is 4. The molecule has 106 valence electrons. The Morgan fingerprint density at radius 1 is 1.10 bits per heavy atom. The van der Waals surface area contributed by atoms with Crippen molar-refractivity contribution in [3.05, 3.63) is 56.5 Å². The Bertz CT molecular complexity index is 613. The summed E-state index contributed by atoms with van der Waals surface area (Å²) < 4.78 is 7.55. The molecule has 2 rings (SSSR count). The summed E-state index contributed by atoms with van der Waals surface area (Å²) in [5, 5.41) is 3.51. The van der Waals surface area contributed by atoms with Gasteiger partial charge in [-0.15, -0.1) is 0 Å². The molecule has 2 aromatic rings. The summed E-state index contributed by atoms with van der Waals surface area (Å²) >= 11 is 7.08. The molecule has 20 heavy (non-hydrogen) atoms. The lowest BCUT2D eigenvalue weighted by atomic mass is 10.1. The van der Waals surface area contributed by atoms with Gasteiger partial charge in [0, 0.05) is 15.0 Å². The quantitative estimate of drug-likeness (QED) is 0.712. The molecular formula is C16H17Br2NO. The minimum atomic E-state index is 0.174. The Kier molecular flexibility index (Phi) is 5.11. The van der Waals surface area contributed by atoms with Crippen molar-refractivity contribution in [3.63, 3.8) is 0 Å². The Morgan fingerprint density at radius 2 is 1.85 bits per heavy atom. The van der Waals surface area contributed by atoms with Gasteiger partial charge in [0.2, 0.25) is 0 Å². The highest BCUT2D eigenvalue weighted by Crippen LogP contribution is 2.32. The molecular weight excluding hydrogens is 382 g/mol. The fraction of sp³-hybridized carbons (Fsp3) is 0.250. The molecule has 0 aliphatic carbocycles. The Labute approximate surface area is 136 Å². The van der Waals surface area contributed by atoms with E-state index in [0.717, 1.165) is 20.4 Å². The molecule has 2 aromatic carbocycles. The second kappa shape index (κ2) is 6.64. The topological polar surface area (TPSA) is 21.3 Å². The van der Waals surface area contributed by atoms with Crippen LogP contribution >= 0.6 is 31.9 Å². The molecule has 0 saturated heterocycles. The molecule has 1 unspecified atom stereocenters. The molecule has 4 heteroatoms. The number of anilines is 1. The summed E-state index contributed by atoms with van der Waals surface area (Å²) in [6.45, 7) is 4.21. The first-order chi connectivity index (χ1) is 9.51. The smallest absolute Gasteiger partial charge is 0.141 e. The number of methoxy groups -OCH3 is 1. The van der Waals surface area contributed by atoms with Gasteiger partial charge in [0.15, 0.2) is 0 Å². The van der Waals surface area contributed by atoms with Crippen molar-refractivity contribution in [2.45, 2.75) is 19.9 Å². The van der Waals surface area contributed by atoms with Crippen LogP contribution in [0.3, 0.4) is 0 Å². The molecule has 2 nitrogen and oxygen atoms in total. The molecule has 0 aliphatic heterocycles. The molecule has 0 bridgehead atoms. The Balaban J connectivity index is 2.27. The maximum atomic E-state index is 5.40. The summed E-state index contributed by atoms with van der Waals surface area (Å²) in [6, 6.07) is 12.5. The summed E-state index contributed by atoms with van der Waals surface area (Å²) in [5.41, 5.74) is 3.42. The Morgan fingerprint density at radius 3 is 2.50 bits per heavy atom. The van der Waals surface area contributed by atoms with E-state index >= 15 is 0 Å². The highest BCUT2D eigenvalue weighted by atomic mass is 79.9. The highest BCUT2D eigenvalue weighted by molar-refractivity contribution is 9.11. The van der Waals surface area contributed by atoms with Crippen molar-refractivity contribution < 1.29 is 4.74 Å². The zero-order valence-electron chi connectivity index (χ0n) is 11.7. The second-order valence-corrected chi connectivity index (χ2v) is 6.51. The van der Waals surface area contributed by atoms with Crippen molar-refractivity contribution in [1.82, 2.24) is 0 Å². The van der Waals surface area contributed by atoms with Gasteiger partial charge in [0.1, 0.15) is 5.75 Å². The molecule has 0 saturated carbocycles. The molecule has 0 spiro atoms. The third-order valence-corrected chi connectivity index (χ3v) is 4.34. The van der Waals surface area contributed by atoms with Crippen LogP contribution in [0.1, 0.15) is 24.1 Å². The van der Waals surface area contributed by atoms with E-state index in [2.05, 4.69) is 69.2 Å². The predicted octanol–water partition coefficient (Wildman–Crippen LogP) is 5.70. The zero-order valence-corrected chi connectivity index (χ0v) is 14.9. The number of aryl methyl sites for hydroxylation is 1. The maximum Gasteiger partial charge on any atom is 0.141 e. The average Bonchev–Trinajstić information content (AvgIpc) is 2.38. The van der Waals surface area contributed by atoms with Crippen LogP contribution in [-0.4, -0.2) is 7.11 Å². The molecule has 0 aromatic heterocycles. The van der Waals surface area contributed by atoms with E-state index < -0.39 is 0 Å². The highest BCUT2D eigenvalue weighted by Gasteiger charge is 2.12. The summed E-state index contributed by atoms with van der Waals surface area (Å²) in [4.78, 5) is 0. The largest absolute Gasteiger partial charge is 0.495 e. The maximum absolute atomic E-state index is 5.40. The lowest BCUT2D eigenvalue weighted by Crippen LogP contribution is -2.08. The van der Waals surface area contributed by atoms with Crippen LogP contribution < -0.4 is 10.1 Å². The lowest BCUT2D eigenvalue weighted by molar-refractivity contribution is 0.416. The van der Waals surface area contributed by atoms with Gasteiger partial charge in [0.05, 0.1) is 12.8 Å². The predicted molar refractivity (Wildman–Crippen MR) is 91.6 cm³/mol. The third-order valence-electron chi connectivity index (χ3n) is 3.16. The number of nitrogens with one attached hydrogen (secondary N) is 1. The van der Waals surface area contributed by atoms with Gasteiger partial charge in [-0.3, -0.25) is 0 Å². The van der Waals surface area contributed by atoms with Crippen LogP contribution in [0.2, 0.25) is 0 Å². The van der Waals surface area contributed by atoms with Crippen LogP contribution in [-0.2, 0) is 0 Å². The molecule has 1 N–H and O–H groups in total. The van der Waals surface area contributed by atoms with E-state index in [4.69, 9.17) is 4.74 Å². The molecule has 0 fully saturated rings. The van der Waals surface area contributed by atoms with Gasteiger partial charge < -0.3 is 10.1 Å². The van der Waals surface area contributed by atoms with E-state index in [1.807, 2.05) is 18.2 Å². The van der Waals surface area contributed by atoms with Gasteiger partial charge in [-0.1, -0.05) is 44.0 Å². The fourth-order valence-corrected chi connectivity index (χ4v) is 3.49. The Hall–Kier alpha value is -1.000. The number of halogens is 2. The van der Waals surface area contributed by atoms with E-state index in [0.29, 0.717) is 0 Å². The van der Waals surface area contributed by atoms with E-state index in [1.165, 1.54) is 11.1 Å². The molecule has 0 aliphatic rings. The number of hydrogen-bond donors (Lipinski definition) is 1. The van der Waals surface area contributed by atoms with Crippen LogP contribution in [0.15, 0.2) is 45.3 Å². The molecule has 1 atom stereocenters. The van der Waals surface area contributed by atoms with Gasteiger partial charge >= 0.3 is 0 Å². The van der Waals surface area contributed by atoms with Crippen LogP contribution in [0.25, 0.3) is 0 Å². The number of ether oxygens (including phenoxy) is 1. The summed E-state index contributed by atoms with van der Waals surface area (Å²) in [5.74, 6) is 0.857. The van der Waals surface area contributed by atoms with Crippen molar-refractivity contribution >= 4 is 37.5 Å². The van der Waals surface area contributed by atoms with Gasteiger partial charge in [-0.25, -0.2) is 0 Å². The van der Waals surface area contributed by atoms with Gasteiger partial charge in [0.25, 0.3) is 0 Å². The summed E-state index contributed by atoms with van der Waals surface area (Å²) in [7, 11) is 1.69. The first kappa shape index (κ1) is 15.4. The van der Waals surface area contributed by atoms with Crippen LogP contribution in [0.5, 0.6) is 5.75 Å². The minimum absolute atomic E-state index is 0.174. The monoisotopic (exact) mass is 397 g/mol. The van der Waals surface area contributed by atoms with E-state index in [-0.39, 0.29) is 6.04 Å². The fourth-order valence-electron chi connectivity index (χ4n) is 2.10. The van der Waals surface area contributed by atoms with E-state index in [9.17, 15) is 0 Å². The van der Waals surface area contributed by atoms with Gasteiger partial charge in [-0.2, -0.15) is 0 Å². The van der Waals surface area contributed by atoms with Crippen molar-refractivity contribution in [3.8, 4) is 5.75 Å². The van der Waals surface area contributed by atoms with Crippen LogP contribution in [0, 0.1) is 6.92 Å². The standard InChI is InChI=1S/C16H17Br2NO/c1-10-4-7-16(20-3)15(8-10)19-11(2)13-6-5-12(17)9-14(13)18/h4-9,11,19H,1-3H3. The van der Waals surface area contributed by atoms with Crippen molar-refractivity contribution in [1.29, 1.82) is 0 Å². The first-order valence-electron chi connectivity index (χ1n) is 6.37. The zero-order chi connectivity index (χ0) is 14.7. The lowest BCUT2D eigenvalue weighted by Gasteiger charge is -2.19. The second-order valence-electron chi connectivity index (χ2n) is 4.74. The number of hydrogen-bond acceptors (Lipinski definition) is 2. The average molecular weight is 399 g/mol. The molecule has 0 radical (unpaired) electrons. The SMILES string of the molecule is COc1ccc(C)cc1NC(C)c1ccc(Br)cc1Br. The van der Waals surface area contributed by atoms with Crippen LogP contribution in [0.4, 0.5) is 5.69 Å². The molecule has 0 heterocycles. The summed E-state index contributed by atoms with van der Waals surface area (Å²) in [6.07, 6.45) is 0. The molecule has 0 amide bonds. The van der Waals surface area contributed by atoms with Crippen molar-refractivity contribution in [2.75, 3.05) is 12.4 Å². The number of benzene rings is 2. The first-order valence-corrected chi connectivity index (χ1v) is 7.96. The normalized spacial score (nSPS) is 12.1.